The first-order valence-corrected chi connectivity index (χ1v) is 7.26. The number of thiophene rings is 1. The van der Waals surface area contributed by atoms with Crippen LogP contribution < -0.4 is 16.0 Å². The summed E-state index contributed by atoms with van der Waals surface area (Å²) in [5, 5.41) is 0.538. The van der Waals surface area contributed by atoms with Crippen molar-refractivity contribution in [3.05, 3.63) is 49.1 Å². The second-order valence-electron chi connectivity index (χ2n) is 3.77. The molecule has 7 heteroatoms. The number of hydrogen-bond donors (Lipinski definition) is 2. The molecule has 1 unspecified atom stereocenters. The number of ether oxygens (including phenoxy) is 1. The van der Waals surface area contributed by atoms with Crippen molar-refractivity contribution < 1.29 is 4.74 Å². The normalized spacial score (nSPS) is 12.5. The van der Waals surface area contributed by atoms with Crippen LogP contribution in [0.25, 0.3) is 0 Å². The van der Waals surface area contributed by atoms with Crippen molar-refractivity contribution in [2.24, 2.45) is 5.84 Å². The maximum absolute atomic E-state index is 6.15. The molecule has 1 atom stereocenters. The van der Waals surface area contributed by atoms with Gasteiger partial charge < -0.3 is 4.74 Å². The number of hydrogen-bond acceptors (Lipinski definition) is 4. The molecule has 0 aliphatic carbocycles. The Kier molecular flexibility index (Phi) is 4.95. The number of rotatable bonds is 4. The minimum atomic E-state index is -0.276. The molecule has 0 saturated carbocycles. The first-order chi connectivity index (χ1) is 9.06. The summed E-state index contributed by atoms with van der Waals surface area (Å²) in [5.74, 6) is 6.20. The minimum absolute atomic E-state index is 0.276. The van der Waals surface area contributed by atoms with Gasteiger partial charge in [-0.25, -0.2) is 5.43 Å². The first-order valence-electron chi connectivity index (χ1n) is 5.31. The standard InChI is InChI=1S/C12H11Cl3N2OS/c1-18-9-4-6(2-3-8(9)13)11(17-16)7-5-10(14)19-12(7)15/h2-5,11,17H,16H2,1H3. The topological polar surface area (TPSA) is 47.3 Å². The lowest BCUT2D eigenvalue weighted by Crippen LogP contribution is -2.28. The van der Waals surface area contributed by atoms with Gasteiger partial charge in [0.05, 0.1) is 26.8 Å². The van der Waals surface area contributed by atoms with E-state index in [4.69, 9.17) is 45.4 Å². The van der Waals surface area contributed by atoms with Gasteiger partial charge in [-0.1, -0.05) is 40.9 Å². The molecule has 102 valence electrons. The Bertz CT molecular complexity index is 588. The third kappa shape index (κ3) is 3.16. The third-order valence-corrected chi connectivity index (χ3v) is 4.50. The highest BCUT2D eigenvalue weighted by molar-refractivity contribution is 7.20. The first kappa shape index (κ1) is 14.9. The molecule has 0 radical (unpaired) electrons. The molecule has 1 aromatic carbocycles. The van der Waals surface area contributed by atoms with Crippen LogP contribution >= 0.6 is 46.1 Å². The summed E-state index contributed by atoms with van der Waals surface area (Å²) in [6.45, 7) is 0. The Morgan fingerprint density at radius 3 is 2.53 bits per heavy atom. The van der Waals surface area contributed by atoms with Gasteiger partial charge in [-0.2, -0.15) is 0 Å². The maximum atomic E-state index is 6.15. The van der Waals surface area contributed by atoms with Crippen LogP contribution in [0.15, 0.2) is 24.3 Å². The zero-order valence-electron chi connectivity index (χ0n) is 9.91. The molecular weight excluding hydrogens is 327 g/mol. The van der Waals surface area contributed by atoms with Crippen LogP contribution in [0.1, 0.15) is 17.2 Å². The van der Waals surface area contributed by atoms with E-state index in [1.807, 2.05) is 12.1 Å². The van der Waals surface area contributed by atoms with Crippen molar-refractivity contribution in [1.29, 1.82) is 0 Å². The number of benzene rings is 1. The fraction of sp³-hybridized carbons (Fsp3) is 0.167. The summed E-state index contributed by atoms with van der Waals surface area (Å²) in [5.41, 5.74) is 4.44. The molecule has 0 aliphatic rings. The summed E-state index contributed by atoms with van der Waals surface area (Å²) in [4.78, 5) is 0. The zero-order chi connectivity index (χ0) is 14.0. The van der Waals surface area contributed by atoms with E-state index in [2.05, 4.69) is 5.43 Å². The molecule has 0 spiro atoms. The van der Waals surface area contributed by atoms with E-state index in [0.29, 0.717) is 19.4 Å². The zero-order valence-corrected chi connectivity index (χ0v) is 13.0. The van der Waals surface area contributed by atoms with Gasteiger partial charge in [0.15, 0.2) is 0 Å². The van der Waals surface area contributed by atoms with Gasteiger partial charge in [-0.3, -0.25) is 5.84 Å². The second kappa shape index (κ2) is 6.31. The summed E-state index contributed by atoms with van der Waals surface area (Å²) in [6.07, 6.45) is 0. The minimum Gasteiger partial charge on any atom is -0.495 e. The number of halogens is 3. The smallest absolute Gasteiger partial charge is 0.137 e. The van der Waals surface area contributed by atoms with E-state index in [-0.39, 0.29) is 6.04 Å². The van der Waals surface area contributed by atoms with Crippen LogP contribution in [0.4, 0.5) is 0 Å². The Hall–Kier alpha value is -0.490. The number of nitrogens with two attached hydrogens (primary N) is 1. The van der Waals surface area contributed by atoms with E-state index >= 15 is 0 Å². The van der Waals surface area contributed by atoms with Gasteiger partial charge in [0.1, 0.15) is 5.75 Å². The fourth-order valence-corrected chi connectivity index (χ4v) is 3.50. The lowest BCUT2D eigenvalue weighted by atomic mass is 10.0. The molecule has 3 N–H and O–H groups in total. The summed E-state index contributed by atoms with van der Waals surface area (Å²) in [7, 11) is 1.56. The molecule has 0 aliphatic heterocycles. The summed E-state index contributed by atoms with van der Waals surface area (Å²) in [6, 6.07) is 6.94. The lowest BCUT2D eigenvalue weighted by molar-refractivity contribution is 0.414. The molecular formula is C12H11Cl3N2OS. The summed E-state index contributed by atoms with van der Waals surface area (Å²) >= 11 is 19.4. The van der Waals surface area contributed by atoms with Gasteiger partial charge in [0, 0.05) is 5.56 Å². The number of hydrazine groups is 1. The van der Waals surface area contributed by atoms with Crippen molar-refractivity contribution in [2.75, 3.05) is 7.11 Å². The largest absolute Gasteiger partial charge is 0.495 e. The van der Waals surface area contributed by atoms with E-state index in [0.717, 1.165) is 11.1 Å². The predicted molar refractivity (Wildman–Crippen MR) is 81.5 cm³/mol. The van der Waals surface area contributed by atoms with Gasteiger partial charge in [0.25, 0.3) is 0 Å². The van der Waals surface area contributed by atoms with Crippen LogP contribution in [0.3, 0.4) is 0 Å². The molecule has 0 bridgehead atoms. The van der Waals surface area contributed by atoms with Crippen LogP contribution in [-0.4, -0.2) is 7.11 Å². The van der Waals surface area contributed by atoms with Crippen LogP contribution in [-0.2, 0) is 0 Å². The molecule has 19 heavy (non-hydrogen) atoms. The van der Waals surface area contributed by atoms with Crippen LogP contribution in [0.2, 0.25) is 13.7 Å². The fourth-order valence-electron chi connectivity index (χ4n) is 1.77. The van der Waals surface area contributed by atoms with Crippen molar-refractivity contribution in [3.63, 3.8) is 0 Å². The monoisotopic (exact) mass is 336 g/mol. The van der Waals surface area contributed by atoms with Gasteiger partial charge >= 0.3 is 0 Å². The highest BCUT2D eigenvalue weighted by Crippen LogP contribution is 2.38. The van der Waals surface area contributed by atoms with Crippen LogP contribution in [0, 0.1) is 0 Å². The SMILES string of the molecule is COc1cc(C(NN)c2cc(Cl)sc2Cl)ccc1Cl. The van der Waals surface area contributed by atoms with Crippen molar-refractivity contribution in [2.45, 2.75) is 6.04 Å². The third-order valence-electron chi connectivity index (χ3n) is 2.67. The second-order valence-corrected chi connectivity index (χ2v) is 6.47. The van der Waals surface area contributed by atoms with Crippen molar-refractivity contribution in [1.82, 2.24) is 5.43 Å². The molecule has 1 heterocycles. The average Bonchev–Trinajstić information content (AvgIpc) is 2.71. The predicted octanol–water partition coefficient (Wildman–Crippen LogP) is 4.27. The van der Waals surface area contributed by atoms with Gasteiger partial charge in [-0.15, -0.1) is 11.3 Å². The van der Waals surface area contributed by atoms with E-state index in [9.17, 15) is 0 Å². The van der Waals surface area contributed by atoms with Gasteiger partial charge in [0.2, 0.25) is 0 Å². The number of methoxy groups -OCH3 is 1. The Labute approximate surface area is 130 Å². The Morgan fingerprint density at radius 2 is 2.00 bits per heavy atom. The molecule has 1 aromatic heterocycles. The van der Waals surface area contributed by atoms with Crippen LogP contribution in [0.5, 0.6) is 5.75 Å². The highest BCUT2D eigenvalue weighted by atomic mass is 35.5. The molecule has 2 aromatic rings. The molecule has 3 nitrogen and oxygen atoms in total. The average molecular weight is 338 g/mol. The quantitative estimate of drug-likeness (QED) is 0.647. The molecule has 0 saturated heterocycles. The van der Waals surface area contributed by atoms with E-state index in [1.54, 1.807) is 19.2 Å². The highest BCUT2D eigenvalue weighted by Gasteiger charge is 2.19. The van der Waals surface area contributed by atoms with Crippen molar-refractivity contribution >= 4 is 46.1 Å². The number of nitrogens with one attached hydrogen (secondary N) is 1. The molecule has 0 fully saturated rings. The van der Waals surface area contributed by atoms with Gasteiger partial charge in [-0.05, 0) is 23.8 Å². The Balaban J connectivity index is 2.45. The molecule has 0 amide bonds. The van der Waals surface area contributed by atoms with E-state index in [1.165, 1.54) is 11.3 Å². The molecule has 2 rings (SSSR count). The Morgan fingerprint density at radius 1 is 1.26 bits per heavy atom. The summed E-state index contributed by atoms with van der Waals surface area (Å²) < 4.78 is 6.41. The maximum Gasteiger partial charge on any atom is 0.137 e. The van der Waals surface area contributed by atoms with Crippen molar-refractivity contribution in [3.8, 4) is 5.75 Å². The van der Waals surface area contributed by atoms with E-state index < -0.39 is 0 Å². The lowest BCUT2D eigenvalue weighted by Gasteiger charge is -2.17.